The van der Waals surface area contributed by atoms with Gasteiger partial charge < -0.3 is 9.47 Å². The molecule has 0 saturated heterocycles. The lowest BCUT2D eigenvalue weighted by molar-refractivity contribution is 0.0983. The highest BCUT2D eigenvalue weighted by Gasteiger charge is 2.29. The summed E-state index contributed by atoms with van der Waals surface area (Å²) in [6, 6.07) is 16.2. The minimum absolute atomic E-state index is 0.0427. The van der Waals surface area contributed by atoms with Crippen LogP contribution >= 0.6 is 11.8 Å². The van der Waals surface area contributed by atoms with E-state index in [4.69, 9.17) is 0 Å². The molecule has 0 saturated carbocycles. The highest BCUT2D eigenvalue weighted by atomic mass is 32.2. The molecule has 4 rings (SSSR count). The molecule has 4 heteroatoms. The fourth-order valence-corrected chi connectivity index (χ4v) is 4.18. The molecule has 3 aromatic rings. The van der Waals surface area contributed by atoms with E-state index in [0.29, 0.717) is 0 Å². The second-order valence-electron chi connectivity index (χ2n) is 5.19. The molecule has 3 nitrogen and oxygen atoms in total. The highest BCUT2D eigenvalue weighted by Crippen LogP contribution is 2.44. The van der Waals surface area contributed by atoms with Crippen LogP contribution in [0, 0.1) is 0 Å². The van der Waals surface area contributed by atoms with E-state index in [0.717, 1.165) is 32.1 Å². The summed E-state index contributed by atoms with van der Waals surface area (Å²) in [6.45, 7) is 0. The van der Waals surface area contributed by atoms with Gasteiger partial charge in [-0.1, -0.05) is 42.1 Å². The van der Waals surface area contributed by atoms with Crippen LogP contribution in [-0.2, 0) is 7.05 Å². The maximum atomic E-state index is 12.9. The molecule has 104 valence electrons. The van der Waals surface area contributed by atoms with Gasteiger partial charge in [0.05, 0.1) is 10.6 Å². The topological polar surface area (TPSA) is 25.2 Å². The highest BCUT2D eigenvalue weighted by molar-refractivity contribution is 7.99. The fourth-order valence-electron chi connectivity index (χ4n) is 2.90. The Balaban J connectivity index is 2.09. The summed E-state index contributed by atoms with van der Waals surface area (Å²) in [4.78, 5) is 16.8. The molecule has 1 aliphatic heterocycles. The van der Waals surface area contributed by atoms with Crippen molar-refractivity contribution in [1.82, 2.24) is 4.57 Å². The number of aromatic nitrogens is 1. The van der Waals surface area contributed by atoms with Crippen molar-refractivity contribution in [3.63, 3.8) is 0 Å². The molecule has 0 fully saturated rings. The number of amides is 1. The van der Waals surface area contributed by atoms with E-state index >= 15 is 0 Å². The van der Waals surface area contributed by atoms with Crippen molar-refractivity contribution in [1.29, 1.82) is 0 Å². The van der Waals surface area contributed by atoms with Gasteiger partial charge in [0.2, 0.25) is 0 Å². The van der Waals surface area contributed by atoms with Crippen LogP contribution in [0.15, 0.2) is 58.3 Å². The second-order valence-corrected chi connectivity index (χ2v) is 6.24. The van der Waals surface area contributed by atoms with E-state index in [-0.39, 0.29) is 5.91 Å². The Morgan fingerprint density at radius 1 is 0.952 bits per heavy atom. The Kier molecular flexibility index (Phi) is 2.62. The van der Waals surface area contributed by atoms with Crippen LogP contribution in [0.2, 0.25) is 0 Å². The molecule has 0 bridgehead atoms. The number of hydrogen-bond acceptors (Lipinski definition) is 2. The maximum Gasteiger partial charge on any atom is 0.275 e. The molecule has 0 atom stereocenters. The lowest BCUT2D eigenvalue weighted by atomic mass is 10.2. The summed E-state index contributed by atoms with van der Waals surface area (Å²) in [5.41, 5.74) is 2.82. The lowest BCUT2D eigenvalue weighted by Gasteiger charge is -2.17. The quantitative estimate of drug-likeness (QED) is 0.628. The molecular formula is C17H14N2OS. The summed E-state index contributed by atoms with van der Waals surface area (Å²) in [5.74, 6) is 0.0427. The van der Waals surface area contributed by atoms with Crippen LogP contribution in [0.25, 0.3) is 10.9 Å². The molecule has 1 aliphatic rings. The molecule has 2 heterocycles. The van der Waals surface area contributed by atoms with E-state index in [9.17, 15) is 4.79 Å². The first-order chi connectivity index (χ1) is 10.2. The van der Waals surface area contributed by atoms with Crippen molar-refractivity contribution < 1.29 is 4.79 Å². The first kappa shape index (κ1) is 12.5. The van der Waals surface area contributed by atoms with Crippen molar-refractivity contribution in [2.45, 2.75) is 9.79 Å². The summed E-state index contributed by atoms with van der Waals surface area (Å²) >= 11 is 1.68. The van der Waals surface area contributed by atoms with Crippen LogP contribution in [0.1, 0.15) is 10.5 Å². The Bertz CT molecular complexity index is 882. The first-order valence-electron chi connectivity index (χ1n) is 6.81. The van der Waals surface area contributed by atoms with Gasteiger partial charge in [0.1, 0.15) is 5.69 Å². The van der Waals surface area contributed by atoms with Crippen LogP contribution in [0.3, 0.4) is 0 Å². The van der Waals surface area contributed by atoms with E-state index in [1.54, 1.807) is 16.7 Å². The number of anilines is 1. The SMILES string of the molecule is CN1C(=O)c2c(c3ccccc3n2C)Sc2ccccc21. The maximum absolute atomic E-state index is 12.9. The van der Waals surface area contributed by atoms with Gasteiger partial charge in [0.25, 0.3) is 5.91 Å². The Labute approximate surface area is 127 Å². The molecule has 2 aromatic carbocycles. The monoisotopic (exact) mass is 294 g/mol. The zero-order valence-corrected chi connectivity index (χ0v) is 12.6. The van der Waals surface area contributed by atoms with Crippen molar-refractivity contribution in [2.24, 2.45) is 7.05 Å². The largest absolute Gasteiger partial charge is 0.339 e. The van der Waals surface area contributed by atoms with Gasteiger partial charge in [-0.05, 0) is 18.2 Å². The summed E-state index contributed by atoms with van der Waals surface area (Å²) < 4.78 is 2.00. The van der Waals surface area contributed by atoms with Crippen LogP contribution in [0.4, 0.5) is 5.69 Å². The molecule has 1 aromatic heterocycles. The molecule has 21 heavy (non-hydrogen) atoms. The summed E-state index contributed by atoms with van der Waals surface area (Å²) in [5, 5.41) is 1.14. The molecule has 0 aliphatic carbocycles. The van der Waals surface area contributed by atoms with Crippen LogP contribution < -0.4 is 4.90 Å². The van der Waals surface area contributed by atoms with Crippen molar-refractivity contribution in [3.8, 4) is 0 Å². The number of rotatable bonds is 0. The predicted octanol–water partition coefficient (Wildman–Crippen LogP) is 3.92. The van der Waals surface area contributed by atoms with Gasteiger partial charge >= 0.3 is 0 Å². The van der Waals surface area contributed by atoms with E-state index in [2.05, 4.69) is 18.2 Å². The number of fused-ring (bicyclic) bond motifs is 4. The summed E-state index contributed by atoms with van der Waals surface area (Å²) in [7, 11) is 3.80. The average Bonchev–Trinajstić information content (AvgIpc) is 2.73. The molecule has 0 N–H and O–H groups in total. The van der Waals surface area contributed by atoms with Crippen LogP contribution in [-0.4, -0.2) is 17.5 Å². The smallest absolute Gasteiger partial charge is 0.275 e. The number of hydrogen-bond donors (Lipinski definition) is 0. The number of carbonyl (C=O) groups is 1. The number of nitrogens with zero attached hydrogens (tertiary/aromatic N) is 2. The molecular weight excluding hydrogens is 280 g/mol. The van der Waals surface area contributed by atoms with Gasteiger partial charge in [-0.15, -0.1) is 0 Å². The van der Waals surface area contributed by atoms with Gasteiger partial charge in [-0.25, -0.2) is 0 Å². The third kappa shape index (κ3) is 1.66. The van der Waals surface area contributed by atoms with Gasteiger partial charge in [-0.3, -0.25) is 4.79 Å². The average molecular weight is 294 g/mol. The molecule has 0 radical (unpaired) electrons. The number of aryl methyl sites for hydroxylation is 1. The Hall–Kier alpha value is -2.20. The molecule has 1 amide bonds. The fraction of sp³-hybridized carbons (Fsp3) is 0.118. The van der Waals surface area contributed by atoms with Crippen molar-refractivity contribution in [2.75, 3.05) is 11.9 Å². The first-order valence-corrected chi connectivity index (χ1v) is 7.62. The van der Waals surface area contributed by atoms with Crippen molar-refractivity contribution in [3.05, 3.63) is 54.2 Å². The third-order valence-corrected chi connectivity index (χ3v) is 5.19. The van der Waals surface area contributed by atoms with Crippen molar-refractivity contribution >= 4 is 34.3 Å². The Morgan fingerprint density at radius 3 is 2.52 bits per heavy atom. The van der Waals surface area contributed by atoms with Gasteiger partial charge in [0.15, 0.2) is 0 Å². The second kappa shape index (κ2) is 4.40. The predicted molar refractivity (Wildman–Crippen MR) is 86.2 cm³/mol. The Morgan fingerprint density at radius 2 is 1.67 bits per heavy atom. The van der Waals surface area contributed by atoms with Crippen LogP contribution in [0.5, 0.6) is 0 Å². The van der Waals surface area contributed by atoms with E-state index in [1.807, 2.05) is 49.0 Å². The molecule has 0 spiro atoms. The minimum atomic E-state index is 0.0427. The van der Waals surface area contributed by atoms with E-state index < -0.39 is 0 Å². The third-order valence-electron chi connectivity index (χ3n) is 4.01. The summed E-state index contributed by atoms with van der Waals surface area (Å²) in [6.07, 6.45) is 0. The zero-order valence-electron chi connectivity index (χ0n) is 11.8. The van der Waals surface area contributed by atoms with E-state index in [1.165, 1.54) is 0 Å². The van der Waals surface area contributed by atoms with Gasteiger partial charge in [0, 0.05) is 29.9 Å². The standard InChI is InChI=1S/C17H14N2OS/c1-18-12-8-4-3-7-11(12)16-15(18)17(20)19(2)13-9-5-6-10-14(13)21-16/h3-10H,1-2H3. The molecule has 0 unspecified atom stereocenters. The lowest BCUT2D eigenvalue weighted by Crippen LogP contribution is -2.27. The van der Waals surface area contributed by atoms with Gasteiger partial charge in [-0.2, -0.15) is 0 Å². The zero-order chi connectivity index (χ0) is 14.6. The number of para-hydroxylation sites is 2. The number of carbonyl (C=O) groups excluding carboxylic acids is 1. The minimum Gasteiger partial charge on any atom is -0.339 e. The number of benzene rings is 2. The normalized spacial score (nSPS) is 14.0.